The maximum Gasteiger partial charge on any atom is 0.266 e. The SMILES string of the molecule is CCCOc1cc(Br)c(C=C(C#N)C(=O)Nc2ccc(C)cc2C)cc1OCC. The molecule has 1 N–H and O–H groups in total. The molecule has 0 saturated carbocycles. The van der Waals surface area contributed by atoms with Crippen molar-refractivity contribution in [3.8, 4) is 17.6 Å². The third-order valence-electron chi connectivity index (χ3n) is 4.12. The highest BCUT2D eigenvalue weighted by Gasteiger charge is 2.14. The lowest BCUT2D eigenvalue weighted by atomic mass is 10.1. The molecule has 0 bridgehead atoms. The molecule has 2 aromatic rings. The fourth-order valence-corrected chi connectivity index (χ4v) is 3.14. The zero-order valence-electron chi connectivity index (χ0n) is 17.1. The van der Waals surface area contributed by atoms with Gasteiger partial charge in [-0.15, -0.1) is 0 Å². The van der Waals surface area contributed by atoms with Gasteiger partial charge in [0.1, 0.15) is 11.6 Å². The fourth-order valence-electron chi connectivity index (χ4n) is 2.70. The molecule has 29 heavy (non-hydrogen) atoms. The van der Waals surface area contributed by atoms with Crippen molar-refractivity contribution in [3.63, 3.8) is 0 Å². The molecular formula is C23H25BrN2O3. The van der Waals surface area contributed by atoms with Crippen molar-refractivity contribution in [3.05, 3.63) is 57.1 Å². The molecule has 0 atom stereocenters. The van der Waals surface area contributed by atoms with Gasteiger partial charge >= 0.3 is 0 Å². The normalized spacial score (nSPS) is 11.0. The van der Waals surface area contributed by atoms with Crippen LogP contribution in [-0.4, -0.2) is 19.1 Å². The van der Waals surface area contributed by atoms with Crippen molar-refractivity contribution in [2.75, 3.05) is 18.5 Å². The molecule has 2 aromatic carbocycles. The number of carbonyl (C=O) groups excluding carboxylic acids is 1. The number of anilines is 1. The zero-order valence-corrected chi connectivity index (χ0v) is 18.7. The van der Waals surface area contributed by atoms with E-state index in [-0.39, 0.29) is 5.57 Å². The number of carbonyl (C=O) groups is 1. The van der Waals surface area contributed by atoms with Crippen LogP contribution in [0.15, 0.2) is 40.4 Å². The van der Waals surface area contributed by atoms with Gasteiger partial charge in [-0.25, -0.2) is 0 Å². The number of nitrogens with one attached hydrogen (secondary N) is 1. The molecule has 0 spiro atoms. The number of rotatable bonds is 8. The summed E-state index contributed by atoms with van der Waals surface area (Å²) in [4.78, 5) is 12.6. The summed E-state index contributed by atoms with van der Waals surface area (Å²) in [6.45, 7) is 8.87. The van der Waals surface area contributed by atoms with Gasteiger partial charge in [0.25, 0.3) is 5.91 Å². The minimum atomic E-state index is -0.462. The number of aryl methyl sites for hydroxylation is 2. The molecule has 152 valence electrons. The molecule has 0 fully saturated rings. The predicted octanol–water partition coefficient (Wildman–Crippen LogP) is 5.80. The molecule has 5 nitrogen and oxygen atoms in total. The summed E-state index contributed by atoms with van der Waals surface area (Å²) in [7, 11) is 0. The molecule has 0 radical (unpaired) electrons. The molecule has 0 aliphatic heterocycles. The summed E-state index contributed by atoms with van der Waals surface area (Å²) in [6, 6.07) is 11.3. The Morgan fingerprint density at radius 2 is 1.90 bits per heavy atom. The first kappa shape index (κ1) is 22.5. The molecule has 0 heterocycles. The summed E-state index contributed by atoms with van der Waals surface area (Å²) in [5.41, 5.74) is 3.38. The number of hydrogen-bond donors (Lipinski definition) is 1. The third-order valence-corrected chi connectivity index (χ3v) is 4.81. The first-order valence-corrected chi connectivity index (χ1v) is 10.3. The number of ether oxygens (including phenoxy) is 2. The molecule has 2 rings (SSSR count). The Hall–Kier alpha value is -2.78. The zero-order chi connectivity index (χ0) is 21.4. The van der Waals surface area contributed by atoms with Gasteiger partial charge in [0.15, 0.2) is 11.5 Å². The third kappa shape index (κ3) is 6.10. The summed E-state index contributed by atoms with van der Waals surface area (Å²) >= 11 is 3.50. The van der Waals surface area contributed by atoms with Crippen molar-refractivity contribution in [2.24, 2.45) is 0 Å². The Morgan fingerprint density at radius 1 is 1.17 bits per heavy atom. The molecule has 0 aliphatic rings. The molecule has 0 aromatic heterocycles. The van der Waals surface area contributed by atoms with Gasteiger partial charge in [0.05, 0.1) is 13.2 Å². The summed E-state index contributed by atoms with van der Waals surface area (Å²) in [6.07, 6.45) is 2.41. The Labute approximate surface area is 180 Å². The van der Waals surface area contributed by atoms with Gasteiger partial charge in [-0.1, -0.05) is 40.5 Å². The van der Waals surface area contributed by atoms with Crippen molar-refractivity contribution in [1.29, 1.82) is 5.26 Å². The van der Waals surface area contributed by atoms with Gasteiger partial charge in [0, 0.05) is 10.2 Å². The van der Waals surface area contributed by atoms with Crippen molar-refractivity contribution in [2.45, 2.75) is 34.1 Å². The van der Waals surface area contributed by atoms with Crippen LogP contribution in [0.2, 0.25) is 0 Å². The second-order valence-corrected chi connectivity index (χ2v) is 7.40. The number of hydrogen-bond acceptors (Lipinski definition) is 4. The van der Waals surface area contributed by atoms with Crippen LogP contribution in [0, 0.1) is 25.2 Å². The average Bonchev–Trinajstić information content (AvgIpc) is 2.69. The average molecular weight is 457 g/mol. The lowest BCUT2D eigenvalue weighted by molar-refractivity contribution is -0.112. The maximum atomic E-state index is 12.6. The smallest absolute Gasteiger partial charge is 0.266 e. The van der Waals surface area contributed by atoms with Gasteiger partial charge in [-0.2, -0.15) is 5.26 Å². The Morgan fingerprint density at radius 3 is 2.52 bits per heavy atom. The number of nitriles is 1. The van der Waals surface area contributed by atoms with Crippen molar-refractivity contribution >= 4 is 33.6 Å². The Kier molecular flexibility index (Phi) is 8.29. The highest BCUT2D eigenvalue weighted by atomic mass is 79.9. The van der Waals surface area contributed by atoms with Crippen LogP contribution < -0.4 is 14.8 Å². The quantitative estimate of drug-likeness (QED) is 0.402. The minimum absolute atomic E-state index is 0.00431. The monoisotopic (exact) mass is 456 g/mol. The second kappa shape index (κ2) is 10.7. The fraction of sp³-hybridized carbons (Fsp3) is 0.304. The predicted molar refractivity (Wildman–Crippen MR) is 119 cm³/mol. The first-order valence-electron chi connectivity index (χ1n) is 9.49. The van der Waals surface area contributed by atoms with E-state index in [4.69, 9.17) is 9.47 Å². The highest BCUT2D eigenvalue weighted by Crippen LogP contribution is 2.35. The highest BCUT2D eigenvalue weighted by molar-refractivity contribution is 9.10. The summed E-state index contributed by atoms with van der Waals surface area (Å²) < 4.78 is 12.1. The van der Waals surface area contributed by atoms with E-state index in [1.54, 1.807) is 12.1 Å². The summed E-state index contributed by atoms with van der Waals surface area (Å²) in [5, 5.41) is 12.3. The molecule has 0 unspecified atom stereocenters. The van der Waals surface area contributed by atoms with Crippen LogP contribution >= 0.6 is 15.9 Å². The van der Waals surface area contributed by atoms with Crippen LogP contribution in [-0.2, 0) is 4.79 Å². The van der Waals surface area contributed by atoms with Crippen LogP contribution in [0.1, 0.15) is 37.0 Å². The topological polar surface area (TPSA) is 71.3 Å². The lowest BCUT2D eigenvalue weighted by Gasteiger charge is -2.14. The largest absolute Gasteiger partial charge is 0.490 e. The van der Waals surface area contributed by atoms with Gasteiger partial charge < -0.3 is 14.8 Å². The van der Waals surface area contributed by atoms with Gasteiger partial charge in [0.2, 0.25) is 0 Å². The van der Waals surface area contributed by atoms with E-state index in [2.05, 4.69) is 21.2 Å². The Bertz CT molecular complexity index is 961. The molecule has 6 heteroatoms. The van der Waals surface area contributed by atoms with Gasteiger partial charge in [-0.3, -0.25) is 4.79 Å². The number of halogens is 1. The van der Waals surface area contributed by atoms with Crippen molar-refractivity contribution < 1.29 is 14.3 Å². The second-order valence-electron chi connectivity index (χ2n) is 6.54. The first-order chi connectivity index (χ1) is 13.9. The maximum absolute atomic E-state index is 12.6. The summed E-state index contributed by atoms with van der Waals surface area (Å²) in [5.74, 6) is 0.731. The number of amides is 1. The standard InChI is InChI=1S/C23H25BrN2O3/c1-5-9-29-22-13-19(24)17(12-21(22)28-6-2)11-18(14-25)23(27)26-20-8-7-15(3)10-16(20)4/h7-8,10-13H,5-6,9H2,1-4H3,(H,26,27). The van der Waals surface area contributed by atoms with E-state index in [1.807, 2.05) is 52.0 Å². The van der Waals surface area contributed by atoms with E-state index >= 15 is 0 Å². The van der Waals surface area contributed by atoms with Crippen LogP contribution in [0.4, 0.5) is 5.69 Å². The van der Waals surface area contributed by atoms with E-state index in [9.17, 15) is 10.1 Å². The molecular weight excluding hydrogens is 432 g/mol. The van der Waals surface area contributed by atoms with E-state index in [1.165, 1.54) is 6.08 Å². The van der Waals surface area contributed by atoms with Crippen LogP contribution in [0.3, 0.4) is 0 Å². The molecule has 0 aliphatic carbocycles. The minimum Gasteiger partial charge on any atom is -0.490 e. The van der Waals surface area contributed by atoms with Crippen LogP contribution in [0.5, 0.6) is 11.5 Å². The van der Waals surface area contributed by atoms with Gasteiger partial charge in [-0.05, 0) is 62.6 Å². The Balaban J connectivity index is 2.34. The number of benzene rings is 2. The van der Waals surface area contributed by atoms with E-state index < -0.39 is 5.91 Å². The van der Waals surface area contributed by atoms with E-state index in [0.29, 0.717) is 40.4 Å². The molecule has 1 amide bonds. The lowest BCUT2D eigenvalue weighted by Crippen LogP contribution is -2.14. The van der Waals surface area contributed by atoms with E-state index in [0.717, 1.165) is 17.5 Å². The molecule has 0 saturated heterocycles. The number of nitrogens with zero attached hydrogens (tertiary/aromatic N) is 1. The van der Waals surface area contributed by atoms with Crippen molar-refractivity contribution in [1.82, 2.24) is 0 Å². The van der Waals surface area contributed by atoms with Crippen LogP contribution in [0.25, 0.3) is 6.08 Å².